The van der Waals surface area contributed by atoms with Crippen molar-refractivity contribution < 1.29 is 5.11 Å². The number of para-hydroxylation sites is 1. The first-order chi connectivity index (χ1) is 5.92. The summed E-state index contributed by atoms with van der Waals surface area (Å²) in [5.74, 6) is 0. The predicted molar refractivity (Wildman–Crippen MR) is 49.4 cm³/mol. The van der Waals surface area contributed by atoms with E-state index in [2.05, 4.69) is 29.2 Å². The number of anilines is 1. The Morgan fingerprint density at radius 2 is 2.17 bits per heavy atom. The van der Waals surface area contributed by atoms with Crippen molar-refractivity contribution in [1.82, 2.24) is 0 Å². The first kappa shape index (κ1) is 7.62. The maximum atomic E-state index is 8.81. The third kappa shape index (κ3) is 1.18. The zero-order chi connectivity index (χ0) is 8.39. The quantitative estimate of drug-likeness (QED) is 0.704. The summed E-state index contributed by atoms with van der Waals surface area (Å²) in [5, 5.41) is 8.81. The van der Waals surface area contributed by atoms with E-state index in [4.69, 9.17) is 5.11 Å². The Hall–Kier alpha value is -1.02. The van der Waals surface area contributed by atoms with E-state index in [1.165, 1.54) is 11.3 Å². The number of β-amino-alcohol motifs (C(OH)–C–C–N with tert-alkyl or cyclic N) is 1. The smallest absolute Gasteiger partial charge is 0.0606 e. The van der Waals surface area contributed by atoms with E-state index >= 15 is 0 Å². The van der Waals surface area contributed by atoms with Crippen LogP contribution in [-0.2, 0) is 6.42 Å². The zero-order valence-electron chi connectivity index (χ0n) is 7.03. The molecule has 1 heterocycles. The minimum atomic E-state index is 0.244. The maximum absolute atomic E-state index is 8.81. The molecule has 2 nitrogen and oxygen atoms in total. The number of hydrogen-bond donors (Lipinski definition) is 1. The molecule has 0 aromatic heterocycles. The molecule has 0 radical (unpaired) electrons. The number of hydrogen-bond acceptors (Lipinski definition) is 2. The van der Waals surface area contributed by atoms with Crippen molar-refractivity contribution in [2.24, 2.45) is 0 Å². The Balaban J connectivity index is 2.24. The Morgan fingerprint density at radius 1 is 1.33 bits per heavy atom. The van der Waals surface area contributed by atoms with Gasteiger partial charge in [-0.25, -0.2) is 0 Å². The topological polar surface area (TPSA) is 23.5 Å². The van der Waals surface area contributed by atoms with E-state index in [9.17, 15) is 0 Å². The van der Waals surface area contributed by atoms with E-state index in [0.717, 1.165) is 19.5 Å². The molecule has 1 aromatic carbocycles. The van der Waals surface area contributed by atoms with Gasteiger partial charge in [0.05, 0.1) is 6.61 Å². The largest absolute Gasteiger partial charge is 0.395 e. The van der Waals surface area contributed by atoms with Crippen molar-refractivity contribution in [2.75, 3.05) is 24.6 Å². The lowest BCUT2D eigenvalue weighted by Crippen LogP contribution is -2.23. The van der Waals surface area contributed by atoms with Crippen molar-refractivity contribution >= 4 is 5.69 Å². The molecule has 1 aromatic rings. The normalized spacial score (nSPS) is 14.9. The van der Waals surface area contributed by atoms with Crippen LogP contribution in [0.5, 0.6) is 0 Å². The van der Waals surface area contributed by atoms with Crippen LogP contribution in [0.1, 0.15) is 5.56 Å². The van der Waals surface area contributed by atoms with Gasteiger partial charge in [-0.05, 0) is 18.1 Å². The number of benzene rings is 1. The Labute approximate surface area is 72.4 Å². The molecule has 0 fully saturated rings. The van der Waals surface area contributed by atoms with Crippen LogP contribution in [-0.4, -0.2) is 24.8 Å². The molecule has 0 bridgehead atoms. The fourth-order valence-electron chi connectivity index (χ4n) is 1.76. The van der Waals surface area contributed by atoms with Gasteiger partial charge in [-0.3, -0.25) is 0 Å². The van der Waals surface area contributed by atoms with Crippen LogP contribution in [0.4, 0.5) is 5.69 Å². The molecular weight excluding hydrogens is 150 g/mol. The van der Waals surface area contributed by atoms with Crippen molar-refractivity contribution in [1.29, 1.82) is 0 Å². The molecule has 0 amide bonds. The van der Waals surface area contributed by atoms with Crippen LogP contribution in [0.25, 0.3) is 0 Å². The van der Waals surface area contributed by atoms with Gasteiger partial charge in [0, 0.05) is 18.8 Å². The van der Waals surface area contributed by atoms with Crippen LogP contribution in [0.15, 0.2) is 24.3 Å². The fourth-order valence-corrected chi connectivity index (χ4v) is 1.76. The van der Waals surface area contributed by atoms with Crippen molar-refractivity contribution in [2.45, 2.75) is 6.42 Å². The van der Waals surface area contributed by atoms with Gasteiger partial charge in [0.1, 0.15) is 0 Å². The molecule has 0 spiro atoms. The molecule has 2 heteroatoms. The predicted octanol–water partition coefficient (Wildman–Crippen LogP) is 1.04. The lowest BCUT2D eigenvalue weighted by atomic mass is 10.2. The molecule has 0 aliphatic carbocycles. The van der Waals surface area contributed by atoms with Crippen molar-refractivity contribution in [3.63, 3.8) is 0 Å². The number of aliphatic hydroxyl groups is 1. The number of aliphatic hydroxyl groups excluding tert-OH is 1. The molecule has 1 aliphatic rings. The second-order valence-electron chi connectivity index (χ2n) is 3.09. The fraction of sp³-hybridized carbons (Fsp3) is 0.400. The number of rotatable bonds is 2. The maximum Gasteiger partial charge on any atom is 0.0606 e. The van der Waals surface area contributed by atoms with Gasteiger partial charge >= 0.3 is 0 Å². The molecule has 0 atom stereocenters. The van der Waals surface area contributed by atoms with Gasteiger partial charge in [0.25, 0.3) is 0 Å². The third-order valence-corrected chi connectivity index (χ3v) is 2.35. The summed E-state index contributed by atoms with van der Waals surface area (Å²) >= 11 is 0. The first-order valence-electron chi connectivity index (χ1n) is 4.35. The highest BCUT2D eigenvalue weighted by Crippen LogP contribution is 2.26. The van der Waals surface area contributed by atoms with Crippen LogP contribution in [0, 0.1) is 0 Å². The van der Waals surface area contributed by atoms with Gasteiger partial charge in [0.15, 0.2) is 0 Å². The van der Waals surface area contributed by atoms with E-state index < -0.39 is 0 Å². The molecule has 0 saturated heterocycles. The van der Waals surface area contributed by atoms with Crippen molar-refractivity contribution in [3.05, 3.63) is 29.8 Å². The van der Waals surface area contributed by atoms with Crippen LogP contribution >= 0.6 is 0 Å². The van der Waals surface area contributed by atoms with E-state index in [-0.39, 0.29) is 6.61 Å². The van der Waals surface area contributed by atoms with Crippen LogP contribution in [0.2, 0.25) is 0 Å². The van der Waals surface area contributed by atoms with Gasteiger partial charge < -0.3 is 10.0 Å². The molecule has 64 valence electrons. The molecule has 0 unspecified atom stereocenters. The Bertz CT molecular complexity index is 270. The molecule has 0 saturated carbocycles. The molecular formula is C10H13NO. The number of nitrogens with zero attached hydrogens (tertiary/aromatic N) is 1. The second-order valence-corrected chi connectivity index (χ2v) is 3.09. The standard InChI is InChI=1S/C10H13NO/c12-8-7-11-6-5-9-3-1-2-4-10(9)11/h1-4,12H,5-8H2. The molecule has 2 rings (SSSR count). The minimum absolute atomic E-state index is 0.244. The molecule has 1 N–H and O–H groups in total. The average Bonchev–Trinajstić information content (AvgIpc) is 2.50. The molecule has 12 heavy (non-hydrogen) atoms. The summed E-state index contributed by atoms with van der Waals surface area (Å²) in [5.41, 5.74) is 2.71. The SMILES string of the molecule is OCCN1CCc2ccccc21. The van der Waals surface area contributed by atoms with Crippen molar-refractivity contribution in [3.8, 4) is 0 Å². The number of fused-ring (bicyclic) bond motifs is 1. The minimum Gasteiger partial charge on any atom is -0.395 e. The van der Waals surface area contributed by atoms with E-state index in [0.29, 0.717) is 0 Å². The summed E-state index contributed by atoms with van der Waals surface area (Å²) in [4.78, 5) is 2.23. The lowest BCUT2D eigenvalue weighted by molar-refractivity contribution is 0.303. The monoisotopic (exact) mass is 163 g/mol. The highest BCUT2D eigenvalue weighted by molar-refractivity contribution is 5.57. The summed E-state index contributed by atoms with van der Waals surface area (Å²) in [7, 11) is 0. The van der Waals surface area contributed by atoms with Gasteiger partial charge in [-0.15, -0.1) is 0 Å². The average molecular weight is 163 g/mol. The summed E-state index contributed by atoms with van der Waals surface area (Å²) < 4.78 is 0. The van der Waals surface area contributed by atoms with Crippen LogP contribution < -0.4 is 4.90 Å². The summed E-state index contributed by atoms with van der Waals surface area (Å²) in [6.07, 6.45) is 1.12. The van der Waals surface area contributed by atoms with Gasteiger partial charge in [-0.1, -0.05) is 18.2 Å². The summed E-state index contributed by atoms with van der Waals surface area (Å²) in [6, 6.07) is 8.40. The highest BCUT2D eigenvalue weighted by Gasteiger charge is 2.16. The zero-order valence-corrected chi connectivity index (χ0v) is 7.03. The van der Waals surface area contributed by atoms with Gasteiger partial charge in [-0.2, -0.15) is 0 Å². The van der Waals surface area contributed by atoms with Gasteiger partial charge in [0.2, 0.25) is 0 Å². The van der Waals surface area contributed by atoms with E-state index in [1.807, 2.05) is 0 Å². The lowest BCUT2D eigenvalue weighted by Gasteiger charge is -2.17. The van der Waals surface area contributed by atoms with Crippen LogP contribution in [0.3, 0.4) is 0 Å². The second kappa shape index (κ2) is 3.15. The Kier molecular flexibility index (Phi) is 2.00. The first-order valence-corrected chi connectivity index (χ1v) is 4.35. The third-order valence-electron chi connectivity index (χ3n) is 2.35. The highest BCUT2D eigenvalue weighted by atomic mass is 16.3. The summed E-state index contributed by atoms with van der Waals surface area (Å²) in [6.45, 7) is 2.06. The Morgan fingerprint density at radius 3 is 3.00 bits per heavy atom. The molecule has 1 aliphatic heterocycles. The van der Waals surface area contributed by atoms with E-state index in [1.54, 1.807) is 0 Å².